The Hall–Kier alpha value is -3.20. The van der Waals surface area contributed by atoms with Crippen LogP contribution in [0.15, 0.2) is 78.9 Å². The molecule has 0 fully saturated rings. The molecule has 1 aromatic heterocycles. The van der Waals surface area contributed by atoms with Gasteiger partial charge >= 0.3 is 0 Å². The van der Waals surface area contributed by atoms with E-state index in [0.29, 0.717) is 6.61 Å². The molecule has 0 aliphatic carbocycles. The minimum absolute atomic E-state index is 0.632. The van der Waals surface area contributed by atoms with Gasteiger partial charge in [-0.05, 0) is 19.1 Å². The molecule has 1 heterocycles. The second kappa shape index (κ2) is 6.73. The molecule has 122 valence electrons. The van der Waals surface area contributed by atoms with Crippen molar-refractivity contribution in [3.63, 3.8) is 0 Å². The maximum Gasteiger partial charge on any atom is 0.121 e. The number of benzene rings is 3. The molecule has 0 saturated heterocycles. The van der Waals surface area contributed by atoms with Gasteiger partial charge in [-0.25, -0.2) is 9.97 Å². The molecule has 25 heavy (non-hydrogen) atoms. The maximum atomic E-state index is 5.61. The monoisotopic (exact) mass is 326 g/mol. The van der Waals surface area contributed by atoms with Gasteiger partial charge < -0.3 is 4.74 Å². The van der Waals surface area contributed by atoms with Crippen LogP contribution in [0.25, 0.3) is 33.5 Å². The van der Waals surface area contributed by atoms with Gasteiger partial charge in [-0.15, -0.1) is 0 Å². The van der Waals surface area contributed by atoms with Crippen molar-refractivity contribution in [2.75, 3.05) is 6.61 Å². The van der Waals surface area contributed by atoms with Crippen LogP contribution in [-0.2, 0) is 0 Å². The van der Waals surface area contributed by atoms with Crippen molar-refractivity contribution < 1.29 is 4.74 Å². The average Bonchev–Trinajstić information content (AvgIpc) is 2.68. The van der Waals surface area contributed by atoms with Crippen LogP contribution in [0.2, 0.25) is 0 Å². The summed E-state index contributed by atoms with van der Waals surface area (Å²) in [6.45, 7) is 2.61. The van der Waals surface area contributed by atoms with Crippen molar-refractivity contribution in [2.24, 2.45) is 0 Å². The highest BCUT2D eigenvalue weighted by Crippen LogP contribution is 2.31. The van der Waals surface area contributed by atoms with E-state index in [1.807, 2.05) is 61.5 Å². The molecule has 3 aromatic carbocycles. The van der Waals surface area contributed by atoms with E-state index in [9.17, 15) is 0 Å². The summed E-state index contributed by atoms with van der Waals surface area (Å²) in [6, 6.07) is 26.2. The Balaban J connectivity index is 1.97. The van der Waals surface area contributed by atoms with E-state index in [0.717, 1.165) is 39.3 Å². The van der Waals surface area contributed by atoms with Crippen molar-refractivity contribution in [2.45, 2.75) is 6.92 Å². The Bertz CT molecular complexity index is 998. The van der Waals surface area contributed by atoms with E-state index in [-0.39, 0.29) is 0 Å². The summed E-state index contributed by atoms with van der Waals surface area (Å²) < 4.78 is 5.61. The van der Waals surface area contributed by atoms with Crippen LogP contribution in [0.3, 0.4) is 0 Å². The van der Waals surface area contributed by atoms with Crippen molar-refractivity contribution in [3.05, 3.63) is 78.9 Å². The van der Waals surface area contributed by atoms with Gasteiger partial charge in [0.25, 0.3) is 0 Å². The van der Waals surface area contributed by atoms with Crippen LogP contribution in [0.1, 0.15) is 6.92 Å². The van der Waals surface area contributed by atoms with Crippen LogP contribution in [0, 0.1) is 0 Å². The van der Waals surface area contributed by atoms with Crippen molar-refractivity contribution in [1.82, 2.24) is 9.97 Å². The highest BCUT2D eigenvalue weighted by atomic mass is 16.5. The molecule has 0 aliphatic rings. The third kappa shape index (κ3) is 3.09. The molecular formula is C22H18N2O. The fourth-order valence-electron chi connectivity index (χ4n) is 2.89. The summed E-state index contributed by atoms with van der Waals surface area (Å²) in [5.41, 5.74) is 5.59. The number of hydrogen-bond donors (Lipinski definition) is 0. The highest BCUT2D eigenvalue weighted by molar-refractivity contribution is 5.86. The van der Waals surface area contributed by atoms with E-state index in [1.165, 1.54) is 0 Å². The van der Waals surface area contributed by atoms with Crippen LogP contribution < -0.4 is 4.74 Å². The number of rotatable bonds is 4. The zero-order chi connectivity index (χ0) is 17.1. The third-order valence-corrected chi connectivity index (χ3v) is 4.04. The van der Waals surface area contributed by atoms with Crippen LogP contribution in [0.4, 0.5) is 0 Å². The minimum atomic E-state index is 0.632. The Labute approximate surface area is 147 Å². The van der Waals surface area contributed by atoms with Gasteiger partial charge in [-0.3, -0.25) is 0 Å². The zero-order valence-corrected chi connectivity index (χ0v) is 14.0. The van der Waals surface area contributed by atoms with Crippen molar-refractivity contribution >= 4 is 11.0 Å². The standard InChI is InChI=1S/C22H18N2O/c1-2-25-18-13-14-19-20(15-18)24-22(17-11-7-4-8-12-17)21(23-19)16-9-5-3-6-10-16/h3-15H,2H2,1H3. The highest BCUT2D eigenvalue weighted by Gasteiger charge is 2.13. The average molecular weight is 326 g/mol. The lowest BCUT2D eigenvalue weighted by Gasteiger charge is -2.11. The quantitative estimate of drug-likeness (QED) is 0.506. The van der Waals surface area contributed by atoms with Crippen molar-refractivity contribution in [3.8, 4) is 28.3 Å². The molecule has 0 aliphatic heterocycles. The fourth-order valence-corrected chi connectivity index (χ4v) is 2.89. The molecule has 0 bridgehead atoms. The van der Waals surface area contributed by atoms with Gasteiger partial charge in [0.15, 0.2) is 0 Å². The molecule has 0 radical (unpaired) electrons. The molecule has 0 amide bonds. The molecular weight excluding hydrogens is 308 g/mol. The molecule has 4 aromatic rings. The van der Waals surface area contributed by atoms with Crippen LogP contribution in [-0.4, -0.2) is 16.6 Å². The number of ether oxygens (including phenoxy) is 1. The Morgan fingerprint density at radius 3 is 1.80 bits per heavy atom. The van der Waals surface area contributed by atoms with Gasteiger partial charge in [-0.1, -0.05) is 60.7 Å². The number of fused-ring (bicyclic) bond motifs is 1. The smallest absolute Gasteiger partial charge is 0.121 e. The minimum Gasteiger partial charge on any atom is -0.494 e. The summed E-state index contributed by atoms with van der Waals surface area (Å²) in [4.78, 5) is 9.83. The first-order chi connectivity index (χ1) is 12.3. The summed E-state index contributed by atoms with van der Waals surface area (Å²) in [6.07, 6.45) is 0. The second-order valence-corrected chi connectivity index (χ2v) is 5.74. The lowest BCUT2D eigenvalue weighted by Crippen LogP contribution is -1.97. The fraction of sp³-hybridized carbons (Fsp3) is 0.0909. The molecule has 0 saturated carbocycles. The van der Waals surface area contributed by atoms with E-state index in [4.69, 9.17) is 14.7 Å². The predicted octanol–water partition coefficient (Wildman–Crippen LogP) is 5.36. The molecule has 4 rings (SSSR count). The van der Waals surface area contributed by atoms with Gasteiger partial charge in [0.05, 0.1) is 29.0 Å². The molecule has 3 heteroatoms. The molecule has 3 nitrogen and oxygen atoms in total. The van der Waals surface area contributed by atoms with Gasteiger partial charge in [-0.2, -0.15) is 0 Å². The summed E-state index contributed by atoms with van der Waals surface area (Å²) in [5.74, 6) is 0.816. The van der Waals surface area contributed by atoms with Gasteiger partial charge in [0.1, 0.15) is 5.75 Å². The van der Waals surface area contributed by atoms with Gasteiger partial charge in [0, 0.05) is 17.2 Å². The second-order valence-electron chi connectivity index (χ2n) is 5.74. The predicted molar refractivity (Wildman–Crippen MR) is 102 cm³/mol. The molecule has 0 spiro atoms. The first-order valence-electron chi connectivity index (χ1n) is 8.40. The molecule has 0 atom stereocenters. The lowest BCUT2D eigenvalue weighted by atomic mass is 10.0. The van der Waals surface area contributed by atoms with Crippen LogP contribution >= 0.6 is 0 Å². The first kappa shape index (κ1) is 15.3. The first-order valence-corrected chi connectivity index (χ1v) is 8.40. The molecule has 0 unspecified atom stereocenters. The summed E-state index contributed by atoms with van der Waals surface area (Å²) >= 11 is 0. The van der Waals surface area contributed by atoms with Crippen LogP contribution in [0.5, 0.6) is 5.75 Å². The Kier molecular flexibility index (Phi) is 4.13. The van der Waals surface area contributed by atoms with E-state index >= 15 is 0 Å². The maximum absolute atomic E-state index is 5.61. The number of nitrogens with zero attached hydrogens (tertiary/aromatic N) is 2. The van der Waals surface area contributed by atoms with E-state index in [2.05, 4.69) is 24.3 Å². The normalized spacial score (nSPS) is 10.8. The third-order valence-electron chi connectivity index (χ3n) is 4.04. The lowest BCUT2D eigenvalue weighted by molar-refractivity contribution is 0.340. The van der Waals surface area contributed by atoms with E-state index < -0.39 is 0 Å². The Morgan fingerprint density at radius 1 is 0.680 bits per heavy atom. The van der Waals surface area contributed by atoms with Gasteiger partial charge in [0.2, 0.25) is 0 Å². The van der Waals surface area contributed by atoms with Crippen molar-refractivity contribution in [1.29, 1.82) is 0 Å². The number of aromatic nitrogens is 2. The summed E-state index contributed by atoms with van der Waals surface area (Å²) in [5, 5.41) is 0. The Morgan fingerprint density at radius 2 is 1.24 bits per heavy atom. The zero-order valence-electron chi connectivity index (χ0n) is 14.0. The van der Waals surface area contributed by atoms with E-state index in [1.54, 1.807) is 0 Å². The summed E-state index contributed by atoms with van der Waals surface area (Å²) in [7, 11) is 0. The largest absolute Gasteiger partial charge is 0.494 e. The number of hydrogen-bond acceptors (Lipinski definition) is 3. The SMILES string of the molecule is CCOc1ccc2nc(-c3ccccc3)c(-c3ccccc3)nc2c1. The topological polar surface area (TPSA) is 35.0 Å². The molecule has 0 N–H and O–H groups in total.